The largest absolute Gasteiger partial charge is 0.494 e. The van der Waals surface area contributed by atoms with Crippen LogP contribution in [0, 0.1) is 23.0 Å². The number of hydrogen-bond acceptors (Lipinski definition) is 7. The Morgan fingerprint density at radius 2 is 1.80 bits per heavy atom. The summed E-state index contributed by atoms with van der Waals surface area (Å²) in [5.41, 5.74) is 10.9. The molecule has 1 saturated heterocycles. The minimum absolute atomic E-state index is 0.0675. The van der Waals surface area contributed by atoms with Gasteiger partial charge in [0.05, 0.1) is 18.4 Å². The summed E-state index contributed by atoms with van der Waals surface area (Å²) in [6.07, 6.45) is 5.62. The van der Waals surface area contributed by atoms with Crippen molar-refractivity contribution in [2.24, 2.45) is 5.73 Å². The van der Waals surface area contributed by atoms with Gasteiger partial charge in [0.15, 0.2) is 11.6 Å². The number of nitrogens with one attached hydrogen (secondary N) is 1. The molecule has 0 radical (unpaired) electrons. The van der Waals surface area contributed by atoms with Crippen LogP contribution in [0.4, 0.5) is 14.6 Å². The van der Waals surface area contributed by atoms with E-state index in [1.165, 1.54) is 25.3 Å². The quantitative estimate of drug-likeness (QED) is 0.160. The first kappa shape index (κ1) is 29.9. The number of hydrogen-bond donors (Lipinski definition) is 3. The van der Waals surface area contributed by atoms with E-state index in [0.29, 0.717) is 35.2 Å². The molecule has 1 aliphatic heterocycles. The van der Waals surface area contributed by atoms with Gasteiger partial charge < -0.3 is 15.4 Å². The van der Waals surface area contributed by atoms with Crippen molar-refractivity contribution in [3.8, 4) is 34.2 Å². The third-order valence-corrected chi connectivity index (χ3v) is 7.48. The molecule has 41 heavy (non-hydrogen) atoms. The highest BCUT2D eigenvalue weighted by atomic mass is 19.1. The number of unbranched alkanes of at least 4 members (excludes halogenated alkanes) is 3. The molecular formula is C31H35F2N5O3. The Morgan fingerprint density at radius 1 is 1.10 bits per heavy atom. The maximum absolute atomic E-state index is 14.9. The first-order chi connectivity index (χ1) is 19.8. The maximum Gasteiger partial charge on any atom is 0.243 e. The highest BCUT2D eigenvalue weighted by molar-refractivity contribution is 5.85. The van der Waals surface area contributed by atoms with Crippen molar-refractivity contribution >= 4 is 11.7 Å². The van der Waals surface area contributed by atoms with Crippen molar-refractivity contribution in [2.45, 2.75) is 57.4 Å². The van der Waals surface area contributed by atoms with E-state index < -0.39 is 17.5 Å². The zero-order chi connectivity index (χ0) is 29.4. The molecule has 2 aromatic carbocycles. The molecule has 10 heteroatoms. The number of benzene rings is 2. The fourth-order valence-electron chi connectivity index (χ4n) is 5.19. The molecule has 1 aliphatic rings. The van der Waals surface area contributed by atoms with Gasteiger partial charge in [-0.15, -0.1) is 0 Å². The predicted molar refractivity (Wildman–Crippen MR) is 152 cm³/mol. The molecule has 0 aliphatic carbocycles. The van der Waals surface area contributed by atoms with Gasteiger partial charge in [0.25, 0.3) is 0 Å². The first-order valence-corrected chi connectivity index (χ1v) is 13.9. The molecule has 4 N–H and O–H groups in total. The number of nitrogens with two attached hydrogens (primary N) is 1. The van der Waals surface area contributed by atoms with Gasteiger partial charge in [-0.1, -0.05) is 25.0 Å². The molecular weight excluding hydrogens is 528 g/mol. The molecule has 2 heterocycles. The Labute approximate surface area is 238 Å². The lowest BCUT2D eigenvalue weighted by atomic mass is 9.91. The number of anilines is 1. The molecule has 4 rings (SSSR count). The van der Waals surface area contributed by atoms with Crippen molar-refractivity contribution in [1.82, 2.24) is 10.5 Å². The van der Waals surface area contributed by atoms with Crippen LogP contribution >= 0.6 is 0 Å². The minimum Gasteiger partial charge on any atom is -0.494 e. The number of amides is 1. The maximum atomic E-state index is 14.9. The highest BCUT2D eigenvalue weighted by Gasteiger charge is 2.23. The number of ether oxygens (including phenoxy) is 1. The minimum atomic E-state index is -0.651. The Balaban J connectivity index is 1.79. The van der Waals surface area contributed by atoms with Gasteiger partial charge in [-0.05, 0) is 73.6 Å². The fourth-order valence-corrected chi connectivity index (χ4v) is 5.19. The van der Waals surface area contributed by atoms with Crippen LogP contribution in [0.25, 0.3) is 22.4 Å². The molecule has 1 fully saturated rings. The molecule has 0 atom stereocenters. The van der Waals surface area contributed by atoms with E-state index in [2.05, 4.69) is 4.90 Å². The summed E-state index contributed by atoms with van der Waals surface area (Å²) in [5.74, 6) is -0.731. The normalized spacial score (nSPS) is 13.6. The first-order valence-electron chi connectivity index (χ1n) is 13.9. The molecule has 0 saturated carbocycles. The van der Waals surface area contributed by atoms with Crippen molar-refractivity contribution in [2.75, 3.05) is 25.1 Å². The molecule has 8 nitrogen and oxygen atoms in total. The zero-order valence-electron chi connectivity index (χ0n) is 23.1. The third kappa shape index (κ3) is 7.37. The number of rotatable bonds is 11. The Hall–Kier alpha value is -4.07. The summed E-state index contributed by atoms with van der Waals surface area (Å²) in [6.45, 7) is 1.47. The van der Waals surface area contributed by atoms with Crippen LogP contribution in [0.3, 0.4) is 0 Å². The average Bonchev–Trinajstić information content (AvgIpc) is 2.98. The second-order valence-electron chi connectivity index (χ2n) is 10.3. The van der Waals surface area contributed by atoms with E-state index in [1.54, 1.807) is 23.7 Å². The van der Waals surface area contributed by atoms with Crippen LogP contribution in [-0.2, 0) is 11.2 Å². The molecule has 216 valence electrons. The van der Waals surface area contributed by atoms with E-state index in [9.17, 15) is 18.8 Å². The number of nitrogens with zero attached hydrogens (tertiary/aromatic N) is 3. The van der Waals surface area contributed by atoms with Crippen LogP contribution in [0.15, 0.2) is 42.5 Å². The molecule has 0 spiro atoms. The number of piperidine rings is 1. The van der Waals surface area contributed by atoms with Crippen molar-refractivity contribution in [3.05, 3.63) is 65.2 Å². The summed E-state index contributed by atoms with van der Waals surface area (Å²) in [6, 6.07) is 13.1. The van der Waals surface area contributed by atoms with Crippen LogP contribution in [0.1, 0.15) is 56.1 Å². The Kier molecular flexibility index (Phi) is 10.2. The van der Waals surface area contributed by atoms with E-state index in [4.69, 9.17) is 20.7 Å². The Morgan fingerprint density at radius 3 is 2.46 bits per heavy atom. The molecule has 0 unspecified atom stereocenters. The lowest BCUT2D eigenvalue weighted by molar-refractivity contribution is -0.129. The number of methoxy groups -OCH3 is 1. The van der Waals surface area contributed by atoms with Gasteiger partial charge in [-0.25, -0.2) is 19.2 Å². The topological polar surface area (TPSA) is 124 Å². The van der Waals surface area contributed by atoms with Crippen LogP contribution < -0.4 is 20.9 Å². The summed E-state index contributed by atoms with van der Waals surface area (Å²) < 4.78 is 34.9. The lowest BCUT2D eigenvalue weighted by Crippen LogP contribution is -2.40. The second-order valence-corrected chi connectivity index (χ2v) is 10.3. The van der Waals surface area contributed by atoms with E-state index in [-0.39, 0.29) is 23.8 Å². The zero-order valence-corrected chi connectivity index (χ0v) is 23.1. The standard InChI is InChI=1S/C31H35F2N5O3/c1-41-27-11-10-21(16-26(27)33)30-20(6-4-2-3-5-7-29(39)37-40)18-28(38-14-12-24(35)13-15-38)36-31(30)22-8-9-23(19-34)25(32)17-22/h8-11,16-18,24,40H,2-7,12-15,35H2,1H3,(H,37,39). The number of carbonyl (C=O) groups excluding carboxylic acids is 1. The van der Waals surface area contributed by atoms with E-state index in [0.717, 1.165) is 56.6 Å². The molecule has 1 amide bonds. The predicted octanol–water partition coefficient (Wildman–Crippen LogP) is 5.50. The van der Waals surface area contributed by atoms with Crippen LogP contribution in [0.2, 0.25) is 0 Å². The van der Waals surface area contributed by atoms with Crippen molar-refractivity contribution < 1.29 is 23.5 Å². The average molecular weight is 564 g/mol. The number of halogens is 2. The van der Waals surface area contributed by atoms with Gasteiger partial charge in [0, 0.05) is 36.7 Å². The summed E-state index contributed by atoms with van der Waals surface area (Å²) >= 11 is 0. The van der Waals surface area contributed by atoms with Crippen LogP contribution in [-0.4, -0.2) is 42.3 Å². The SMILES string of the molecule is COc1ccc(-c2c(CCCCCCC(=O)NO)cc(N3CCC(N)CC3)nc2-c2ccc(C#N)c(F)c2)cc1F. The van der Waals surface area contributed by atoms with Crippen molar-refractivity contribution in [1.29, 1.82) is 5.26 Å². The smallest absolute Gasteiger partial charge is 0.243 e. The summed E-state index contributed by atoms with van der Waals surface area (Å²) in [5, 5.41) is 18.0. The molecule has 3 aromatic rings. The Bertz CT molecular complexity index is 1420. The summed E-state index contributed by atoms with van der Waals surface area (Å²) in [7, 11) is 1.40. The summed E-state index contributed by atoms with van der Waals surface area (Å²) in [4.78, 5) is 18.5. The van der Waals surface area contributed by atoms with Gasteiger partial charge in [-0.2, -0.15) is 5.26 Å². The van der Waals surface area contributed by atoms with Gasteiger partial charge >= 0.3 is 0 Å². The number of nitriles is 1. The fraction of sp³-hybridized carbons (Fsp3) is 0.387. The van der Waals surface area contributed by atoms with Crippen molar-refractivity contribution in [3.63, 3.8) is 0 Å². The molecule has 1 aromatic heterocycles. The third-order valence-electron chi connectivity index (χ3n) is 7.48. The van der Waals surface area contributed by atoms with Crippen LogP contribution in [0.5, 0.6) is 5.75 Å². The lowest BCUT2D eigenvalue weighted by Gasteiger charge is -2.32. The van der Waals surface area contributed by atoms with Gasteiger partial charge in [0.2, 0.25) is 5.91 Å². The second kappa shape index (κ2) is 14.0. The monoisotopic (exact) mass is 563 g/mol. The number of hydroxylamine groups is 1. The van der Waals surface area contributed by atoms with Gasteiger partial charge in [-0.3, -0.25) is 10.0 Å². The highest BCUT2D eigenvalue weighted by Crippen LogP contribution is 2.39. The van der Waals surface area contributed by atoms with E-state index >= 15 is 0 Å². The number of aromatic nitrogens is 1. The number of carbonyl (C=O) groups is 1. The number of pyridine rings is 1. The molecule has 0 bridgehead atoms. The van der Waals surface area contributed by atoms with Gasteiger partial charge in [0.1, 0.15) is 17.7 Å². The number of aryl methyl sites for hydroxylation is 1. The van der Waals surface area contributed by atoms with E-state index in [1.807, 2.05) is 12.1 Å².